The van der Waals surface area contributed by atoms with Gasteiger partial charge in [0.2, 0.25) is 5.16 Å². The summed E-state index contributed by atoms with van der Waals surface area (Å²) in [6.45, 7) is 2.61. The molecule has 0 fully saturated rings. The number of hydrogen-bond acceptors (Lipinski definition) is 5. The molecule has 0 bridgehead atoms. The third kappa shape index (κ3) is 3.98. The van der Waals surface area contributed by atoms with Gasteiger partial charge in [-0.15, -0.1) is 5.10 Å². The summed E-state index contributed by atoms with van der Waals surface area (Å²) in [5.41, 5.74) is 8.01. The molecule has 0 unspecified atom stereocenters. The molecule has 1 aromatic heterocycles. The number of benzene rings is 1. The highest BCUT2D eigenvalue weighted by atomic mass is 32.2. The van der Waals surface area contributed by atoms with Crippen LogP contribution >= 0.6 is 11.8 Å². The zero-order valence-corrected chi connectivity index (χ0v) is 12.7. The van der Waals surface area contributed by atoms with Crippen molar-refractivity contribution in [1.29, 1.82) is 0 Å². The Kier molecular flexibility index (Phi) is 5.43. The lowest BCUT2D eigenvalue weighted by molar-refractivity contribution is 0.411. The van der Waals surface area contributed by atoms with E-state index in [1.54, 1.807) is 18.9 Å². The van der Waals surface area contributed by atoms with Crippen LogP contribution in [0.3, 0.4) is 0 Å². The van der Waals surface area contributed by atoms with Crippen molar-refractivity contribution in [3.63, 3.8) is 0 Å². The van der Waals surface area contributed by atoms with Crippen molar-refractivity contribution in [2.75, 3.05) is 13.7 Å². The number of nitrogens with zero attached hydrogens (tertiary/aromatic N) is 2. The SMILES string of the molecule is COc1ccc(CCCN)cc1CSc1n[nH]c(C)n1. The van der Waals surface area contributed by atoms with Crippen molar-refractivity contribution in [2.45, 2.75) is 30.7 Å². The molecule has 0 amide bonds. The predicted molar refractivity (Wildman–Crippen MR) is 81.1 cm³/mol. The fourth-order valence-electron chi connectivity index (χ4n) is 1.94. The molecule has 1 aromatic carbocycles. The van der Waals surface area contributed by atoms with E-state index < -0.39 is 0 Å². The van der Waals surface area contributed by atoms with Gasteiger partial charge in [0.05, 0.1) is 7.11 Å². The normalized spacial score (nSPS) is 10.8. The molecule has 0 aliphatic carbocycles. The van der Waals surface area contributed by atoms with E-state index in [1.165, 1.54) is 5.56 Å². The molecule has 0 saturated heterocycles. The van der Waals surface area contributed by atoms with E-state index in [4.69, 9.17) is 10.5 Å². The van der Waals surface area contributed by atoms with Crippen molar-refractivity contribution in [3.05, 3.63) is 35.2 Å². The Morgan fingerprint density at radius 3 is 2.90 bits per heavy atom. The summed E-state index contributed by atoms with van der Waals surface area (Å²) in [4.78, 5) is 4.29. The molecule has 3 N–H and O–H groups in total. The summed E-state index contributed by atoms with van der Waals surface area (Å²) in [5, 5.41) is 7.73. The minimum Gasteiger partial charge on any atom is -0.496 e. The molecule has 6 heteroatoms. The van der Waals surface area contributed by atoms with E-state index >= 15 is 0 Å². The van der Waals surface area contributed by atoms with Crippen LogP contribution in [0.15, 0.2) is 23.4 Å². The molecule has 0 atom stereocenters. The van der Waals surface area contributed by atoms with Gasteiger partial charge in [-0.3, -0.25) is 5.10 Å². The number of ether oxygens (including phenoxy) is 1. The van der Waals surface area contributed by atoms with Crippen LogP contribution in [-0.4, -0.2) is 28.8 Å². The average Bonchev–Trinajstić information content (AvgIpc) is 2.88. The lowest BCUT2D eigenvalue weighted by atomic mass is 10.1. The molecule has 0 aliphatic heterocycles. The molecule has 0 saturated carbocycles. The van der Waals surface area contributed by atoms with E-state index in [0.29, 0.717) is 6.54 Å². The van der Waals surface area contributed by atoms with Gasteiger partial charge in [-0.25, -0.2) is 4.98 Å². The van der Waals surface area contributed by atoms with Crippen LogP contribution in [0.5, 0.6) is 5.75 Å². The number of nitrogens with one attached hydrogen (secondary N) is 1. The van der Waals surface area contributed by atoms with Crippen LogP contribution in [0.4, 0.5) is 0 Å². The number of methoxy groups -OCH3 is 1. The molecular formula is C14H20N4OS. The summed E-state index contributed by atoms with van der Waals surface area (Å²) in [7, 11) is 1.69. The van der Waals surface area contributed by atoms with Gasteiger partial charge >= 0.3 is 0 Å². The number of thioether (sulfide) groups is 1. The molecule has 108 valence electrons. The molecule has 20 heavy (non-hydrogen) atoms. The van der Waals surface area contributed by atoms with Gasteiger partial charge in [0.15, 0.2) is 0 Å². The zero-order chi connectivity index (χ0) is 14.4. The van der Waals surface area contributed by atoms with Crippen LogP contribution in [0.1, 0.15) is 23.4 Å². The highest BCUT2D eigenvalue weighted by molar-refractivity contribution is 7.98. The number of aryl methyl sites for hydroxylation is 2. The summed E-state index contributed by atoms with van der Waals surface area (Å²) in [6, 6.07) is 6.30. The quantitative estimate of drug-likeness (QED) is 0.766. The van der Waals surface area contributed by atoms with Gasteiger partial charge < -0.3 is 10.5 Å². The second-order valence-corrected chi connectivity index (χ2v) is 5.47. The zero-order valence-electron chi connectivity index (χ0n) is 11.8. The monoisotopic (exact) mass is 292 g/mol. The maximum Gasteiger partial charge on any atom is 0.208 e. The fraction of sp³-hybridized carbons (Fsp3) is 0.429. The van der Waals surface area contributed by atoms with E-state index in [0.717, 1.165) is 40.9 Å². The predicted octanol–water partition coefficient (Wildman–Crippen LogP) is 2.31. The standard InChI is InChI=1S/C14H20N4OS/c1-10-16-14(18-17-10)20-9-12-8-11(4-3-7-15)5-6-13(12)19-2/h5-6,8H,3-4,7,9,15H2,1-2H3,(H,16,17,18). The molecule has 2 aromatic rings. The highest BCUT2D eigenvalue weighted by Crippen LogP contribution is 2.27. The van der Waals surface area contributed by atoms with Crippen molar-refractivity contribution in [2.24, 2.45) is 5.73 Å². The first-order valence-corrected chi connectivity index (χ1v) is 7.59. The van der Waals surface area contributed by atoms with Gasteiger partial charge in [-0.05, 0) is 37.9 Å². The number of H-pyrrole nitrogens is 1. The molecule has 0 radical (unpaired) electrons. The largest absolute Gasteiger partial charge is 0.496 e. The topological polar surface area (TPSA) is 76.8 Å². The summed E-state index contributed by atoms with van der Waals surface area (Å²) >= 11 is 1.60. The van der Waals surface area contributed by atoms with Crippen molar-refractivity contribution in [1.82, 2.24) is 15.2 Å². The van der Waals surface area contributed by atoms with Gasteiger partial charge in [0, 0.05) is 11.3 Å². The summed E-state index contributed by atoms with van der Waals surface area (Å²) in [6.07, 6.45) is 2.00. The number of hydrogen-bond donors (Lipinski definition) is 2. The minimum absolute atomic E-state index is 0.715. The van der Waals surface area contributed by atoms with Gasteiger partial charge in [0.25, 0.3) is 0 Å². The first kappa shape index (κ1) is 14.9. The number of nitrogens with two attached hydrogens (primary N) is 1. The molecule has 0 spiro atoms. The summed E-state index contributed by atoms with van der Waals surface area (Å²) < 4.78 is 5.41. The first-order chi connectivity index (χ1) is 9.72. The van der Waals surface area contributed by atoms with Crippen LogP contribution in [0.25, 0.3) is 0 Å². The second kappa shape index (κ2) is 7.31. The lowest BCUT2D eigenvalue weighted by Crippen LogP contribution is -2.01. The summed E-state index contributed by atoms with van der Waals surface area (Å²) in [5.74, 6) is 2.52. The van der Waals surface area contributed by atoms with E-state index in [-0.39, 0.29) is 0 Å². The van der Waals surface area contributed by atoms with Gasteiger partial charge in [-0.1, -0.05) is 23.9 Å². The Morgan fingerprint density at radius 1 is 1.40 bits per heavy atom. The van der Waals surface area contributed by atoms with Crippen molar-refractivity contribution >= 4 is 11.8 Å². The first-order valence-electron chi connectivity index (χ1n) is 6.60. The fourth-order valence-corrected chi connectivity index (χ4v) is 2.76. The van der Waals surface area contributed by atoms with Gasteiger partial charge in [0.1, 0.15) is 11.6 Å². The molecule has 1 heterocycles. The molecular weight excluding hydrogens is 272 g/mol. The number of rotatable bonds is 7. The van der Waals surface area contributed by atoms with Crippen LogP contribution in [-0.2, 0) is 12.2 Å². The molecule has 2 rings (SSSR count). The molecule has 5 nitrogen and oxygen atoms in total. The lowest BCUT2D eigenvalue weighted by Gasteiger charge is -2.10. The van der Waals surface area contributed by atoms with E-state index in [9.17, 15) is 0 Å². The Bertz CT molecular complexity index is 556. The van der Waals surface area contributed by atoms with E-state index in [2.05, 4.69) is 27.3 Å². The second-order valence-electron chi connectivity index (χ2n) is 4.53. The van der Waals surface area contributed by atoms with Crippen LogP contribution in [0.2, 0.25) is 0 Å². The average molecular weight is 292 g/mol. The third-order valence-corrected chi connectivity index (χ3v) is 3.84. The van der Waals surface area contributed by atoms with Crippen LogP contribution in [0, 0.1) is 6.92 Å². The highest BCUT2D eigenvalue weighted by Gasteiger charge is 2.07. The minimum atomic E-state index is 0.715. The Balaban J connectivity index is 2.07. The Hall–Kier alpha value is -1.53. The Labute approximate surface area is 123 Å². The Morgan fingerprint density at radius 2 is 2.25 bits per heavy atom. The van der Waals surface area contributed by atoms with Crippen LogP contribution < -0.4 is 10.5 Å². The van der Waals surface area contributed by atoms with Crippen molar-refractivity contribution in [3.8, 4) is 5.75 Å². The maximum atomic E-state index is 5.56. The number of aromatic nitrogens is 3. The smallest absolute Gasteiger partial charge is 0.208 e. The van der Waals surface area contributed by atoms with Crippen molar-refractivity contribution < 1.29 is 4.74 Å². The third-order valence-electron chi connectivity index (χ3n) is 2.95. The maximum absolute atomic E-state index is 5.56. The molecule has 0 aliphatic rings. The van der Waals surface area contributed by atoms with E-state index in [1.807, 2.05) is 13.0 Å². The number of aromatic amines is 1. The van der Waals surface area contributed by atoms with Gasteiger partial charge in [-0.2, -0.15) is 0 Å².